The Morgan fingerprint density at radius 2 is 2.31 bits per heavy atom. The highest BCUT2D eigenvalue weighted by molar-refractivity contribution is 6.35. The van der Waals surface area contributed by atoms with Gasteiger partial charge in [-0.1, -0.05) is 11.6 Å². The number of carbonyl (C=O) groups excluding carboxylic acids is 1. The van der Waals surface area contributed by atoms with Crippen molar-refractivity contribution in [2.45, 2.75) is 17.6 Å². The van der Waals surface area contributed by atoms with Crippen LogP contribution >= 0.6 is 11.6 Å². The first-order chi connectivity index (χ1) is 7.44. The first-order valence-electron chi connectivity index (χ1n) is 4.53. The van der Waals surface area contributed by atoms with Gasteiger partial charge in [-0.15, -0.1) is 0 Å². The molecule has 86 valence electrons. The normalized spacial score (nSPS) is 32.2. The van der Waals surface area contributed by atoms with Gasteiger partial charge in [-0.2, -0.15) is 0 Å². The maximum Gasteiger partial charge on any atom is 0.357 e. The second kappa shape index (κ2) is 3.40. The SMILES string of the molecule is COC(=O)C1(Cl)OC1(C)c1ccc(F)cn1. The van der Waals surface area contributed by atoms with E-state index in [2.05, 4.69) is 9.72 Å². The van der Waals surface area contributed by atoms with Gasteiger partial charge in [0.1, 0.15) is 5.82 Å². The Hall–Kier alpha value is -1.20. The first-order valence-corrected chi connectivity index (χ1v) is 4.91. The van der Waals surface area contributed by atoms with Gasteiger partial charge in [0.25, 0.3) is 5.06 Å². The van der Waals surface area contributed by atoms with E-state index in [1.54, 1.807) is 6.92 Å². The van der Waals surface area contributed by atoms with Crippen LogP contribution < -0.4 is 0 Å². The smallest absolute Gasteiger partial charge is 0.357 e. The third-order valence-electron chi connectivity index (χ3n) is 2.58. The Kier molecular flexibility index (Phi) is 2.40. The van der Waals surface area contributed by atoms with E-state index in [1.807, 2.05) is 0 Å². The summed E-state index contributed by atoms with van der Waals surface area (Å²) in [6.45, 7) is 1.59. The lowest BCUT2D eigenvalue weighted by molar-refractivity contribution is -0.143. The molecule has 4 nitrogen and oxygen atoms in total. The second-order valence-electron chi connectivity index (χ2n) is 3.58. The number of aromatic nitrogens is 1. The molecule has 1 aliphatic rings. The second-order valence-corrected chi connectivity index (χ2v) is 4.12. The fraction of sp³-hybridized carbons (Fsp3) is 0.400. The molecule has 16 heavy (non-hydrogen) atoms. The van der Waals surface area contributed by atoms with Crippen molar-refractivity contribution in [3.8, 4) is 0 Å². The summed E-state index contributed by atoms with van der Waals surface area (Å²) in [4.78, 5) is 15.2. The van der Waals surface area contributed by atoms with Gasteiger partial charge in [-0.3, -0.25) is 4.98 Å². The van der Waals surface area contributed by atoms with E-state index < -0.39 is 22.4 Å². The lowest BCUT2D eigenvalue weighted by atomic mass is 10.0. The summed E-state index contributed by atoms with van der Waals surface area (Å²) in [5, 5.41) is -1.56. The topological polar surface area (TPSA) is 51.7 Å². The lowest BCUT2D eigenvalue weighted by Gasteiger charge is -2.08. The highest BCUT2D eigenvalue weighted by Crippen LogP contribution is 2.58. The summed E-state index contributed by atoms with van der Waals surface area (Å²) in [7, 11) is 1.21. The molecule has 1 aromatic heterocycles. The minimum absolute atomic E-state index is 0.384. The van der Waals surface area contributed by atoms with Crippen LogP contribution in [0.15, 0.2) is 18.3 Å². The number of methoxy groups -OCH3 is 1. The van der Waals surface area contributed by atoms with Gasteiger partial charge in [0.05, 0.1) is 19.0 Å². The molecule has 1 aliphatic heterocycles. The predicted octanol–water partition coefficient (Wildman–Crippen LogP) is 1.57. The predicted molar refractivity (Wildman–Crippen MR) is 53.2 cm³/mol. The Morgan fingerprint density at radius 1 is 1.62 bits per heavy atom. The highest BCUT2D eigenvalue weighted by Gasteiger charge is 2.74. The number of ether oxygens (including phenoxy) is 2. The lowest BCUT2D eigenvalue weighted by Crippen LogP contribution is -2.27. The van der Waals surface area contributed by atoms with Crippen LogP contribution in [0.3, 0.4) is 0 Å². The van der Waals surface area contributed by atoms with Gasteiger partial charge in [-0.05, 0) is 19.1 Å². The summed E-state index contributed by atoms with van der Waals surface area (Å²) < 4.78 is 22.4. The number of nitrogens with zero attached hydrogens (tertiary/aromatic N) is 1. The molecule has 2 atom stereocenters. The number of hydrogen-bond acceptors (Lipinski definition) is 4. The van der Waals surface area contributed by atoms with Gasteiger partial charge in [0.15, 0.2) is 5.60 Å². The van der Waals surface area contributed by atoms with E-state index in [9.17, 15) is 9.18 Å². The van der Waals surface area contributed by atoms with Crippen LogP contribution in [0.5, 0.6) is 0 Å². The quantitative estimate of drug-likeness (QED) is 0.451. The molecule has 1 aromatic rings. The Morgan fingerprint density at radius 3 is 2.81 bits per heavy atom. The van der Waals surface area contributed by atoms with Crippen LogP contribution in [0, 0.1) is 5.82 Å². The number of halogens is 2. The van der Waals surface area contributed by atoms with Crippen molar-refractivity contribution < 1.29 is 18.7 Å². The molecule has 0 aliphatic carbocycles. The number of hydrogen-bond donors (Lipinski definition) is 0. The minimum atomic E-state index is -1.56. The van der Waals surface area contributed by atoms with E-state index >= 15 is 0 Å². The van der Waals surface area contributed by atoms with Crippen LogP contribution in [-0.2, 0) is 19.9 Å². The average molecular weight is 246 g/mol. The third-order valence-corrected chi connectivity index (χ3v) is 3.17. The van der Waals surface area contributed by atoms with Crippen molar-refractivity contribution in [2.75, 3.05) is 7.11 Å². The molecule has 0 amide bonds. The maximum atomic E-state index is 12.7. The summed E-state index contributed by atoms with van der Waals surface area (Å²) in [6, 6.07) is 2.65. The molecule has 1 fully saturated rings. The number of alkyl halides is 1. The third kappa shape index (κ3) is 1.39. The molecule has 0 bridgehead atoms. The van der Waals surface area contributed by atoms with Crippen molar-refractivity contribution in [3.63, 3.8) is 0 Å². The molecule has 2 unspecified atom stereocenters. The Balaban J connectivity index is 2.30. The van der Waals surface area contributed by atoms with Gasteiger partial charge < -0.3 is 9.47 Å². The van der Waals surface area contributed by atoms with E-state index in [4.69, 9.17) is 16.3 Å². The average Bonchev–Trinajstić information content (AvgIpc) is 2.84. The number of esters is 1. The molecular weight excluding hydrogens is 237 g/mol. The molecule has 0 spiro atoms. The molecule has 6 heteroatoms. The van der Waals surface area contributed by atoms with Gasteiger partial charge in [0.2, 0.25) is 0 Å². The fourth-order valence-electron chi connectivity index (χ4n) is 1.50. The van der Waals surface area contributed by atoms with Gasteiger partial charge in [-0.25, -0.2) is 9.18 Å². The molecule has 1 saturated heterocycles. The fourth-order valence-corrected chi connectivity index (χ4v) is 1.83. The van der Waals surface area contributed by atoms with Crippen LogP contribution in [0.2, 0.25) is 0 Å². The van der Waals surface area contributed by atoms with Crippen molar-refractivity contribution in [1.29, 1.82) is 0 Å². The molecule has 0 N–H and O–H groups in total. The zero-order valence-corrected chi connectivity index (χ0v) is 9.42. The van der Waals surface area contributed by atoms with Gasteiger partial charge in [0, 0.05) is 0 Å². The Bertz CT molecular complexity index is 438. The molecular formula is C10H9ClFNO3. The minimum Gasteiger partial charge on any atom is -0.466 e. The van der Waals surface area contributed by atoms with Crippen LogP contribution in [0.4, 0.5) is 4.39 Å². The zero-order valence-electron chi connectivity index (χ0n) is 8.66. The summed E-state index contributed by atoms with van der Waals surface area (Å²) >= 11 is 5.95. The summed E-state index contributed by atoms with van der Waals surface area (Å²) in [5.74, 6) is -1.16. The largest absolute Gasteiger partial charge is 0.466 e. The van der Waals surface area contributed by atoms with E-state index in [1.165, 1.54) is 19.2 Å². The number of epoxide rings is 1. The first kappa shape index (κ1) is 11.3. The van der Waals surface area contributed by atoms with Gasteiger partial charge >= 0.3 is 5.97 Å². The van der Waals surface area contributed by atoms with Crippen LogP contribution in [-0.4, -0.2) is 23.1 Å². The summed E-state index contributed by atoms with van der Waals surface area (Å²) in [5.41, 5.74) is -0.690. The molecule has 0 aromatic carbocycles. The number of rotatable bonds is 2. The van der Waals surface area contributed by atoms with E-state index in [0.717, 1.165) is 6.20 Å². The van der Waals surface area contributed by atoms with Crippen molar-refractivity contribution in [1.82, 2.24) is 4.98 Å². The standard InChI is InChI=1S/C10H9ClFNO3/c1-9(7-4-3-6(12)5-13-7)10(11,16-9)8(14)15-2/h3-5H,1-2H3. The Labute approximate surface area is 96.3 Å². The summed E-state index contributed by atoms with van der Waals surface area (Å²) in [6.07, 6.45) is 1.04. The highest BCUT2D eigenvalue weighted by atomic mass is 35.5. The van der Waals surface area contributed by atoms with Crippen molar-refractivity contribution in [2.24, 2.45) is 0 Å². The number of carbonyl (C=O) groups is 1. The monoisotopic (exact) mass is 245 g/mol. The molecule has 2 heterocycles. The van der Waals surface area contributed by atoms with Crippen molar-refractivity contribution >= 4 is 17.6 Å². The number of pyridine rings is 1. The molecule has 0 saturated carbocycles. The van der Waals surface area contributed by atoms with Crippen LogP contribution in [0.1, 0.15) is 12.6 Å². The van der Waals surface area contributed by atoms with E-state index in [-0.39, 0.29) is 0 Å². The molecule has 2 rings (SSSR count). The molecule has 0 radical (unpaired) electrons. The van der Waals surface area contributed by atoms with Crippen molar-refractivity contribution in [3.05, 3.63) is 29.8 Å². The van der Waals surface area contributed by atoms with E-state index in [0.29, 0.717) is 5.69 Å². The zero-order chi connectivity index (χ0) is 12.0. The maximum absolute atomic E-state index is 12.7. The van der Waals surface area contributed by atoms with Crippen LogP contribution in [0.25, 0.3) is 0 Å².